The average molecular weight is 472 g/mol. The number of rotatable bonds is 2. The first-order valence-electron chi connectivity index (χ1n) is 11.8. The maximum Gasteiger partial charge on any atom is 0.323 e. The summed E-state index contributed by atoms with van der Waals surface area (Å²) in [6, 6.07) is 18.2. The Labute approximate surface area is 202 Å². The van der Waals surface area contributed by atoms with Gasteiger partial charge in [-0.25, -0.2) is 9.18 Å². The van der Waals surface area contributed by atoms with Crippen molar-refractivity contribution in [2.75, 3.05) is 5.32 Å². The van der Waals surface area contributed by atoms with Gasteiger partial charge in [0.25, 0.3) is 0 Å². The Bertz CT molecular complexity index is 1390. The molecule has 3 heterocycles. The molecule has 1 atom stereocenters. The molecule has 0 saturated carbocycles. The first-order chi connectivity index (χ1) is 16.6. The van der Waals surface area contributed by atoms with Gasteiger partial charge in [0.15, 0.2) is 0 Å². The molecular formula is C28H26FN3OS. The lowest BCUT2D eigenvalue weighted by Gasteiger charge is -2.31. The third-order valence-corrected chi connectivity index (χ3v) is 8.25. The number of hydrogen-bond acceptors (Lipinski definition) is 2. The van der Waals surface area contributed by atoms with Gasteiger partial charge in [-0.15, -0.1) is 11.3 Å². The van der Waals surface area contributed by atoms with E-state index >= 15 is 0 Å². The Morgan fingerprint density at radius 1 is 1.03 bits per heavy atom. The highest BCUT2D eigenvalue weighted by Crippen LogP contribution is 2.44. The number of urea groups is 1. The SMILES string of the molecule is Cc1cccc([C@H]2c3cccn3-c3sc4c(c3CN2C(=O)Nc2ccccc2F)CCCC4)c1. The minimum Gasteiger partial charge on any atom is -0.310 e. The van der Waals surface area contributed by atoms with Crippen LogP contribution in [-0.4, -0.2) is 15.5 Å². The number of halogens is 1. The van der Waals surface area contributed by atoms with Crippen LogP contribution in [0.4, 0.5) is 14.9 Å². The number of amides is 2. The Morgan fingerprint density at radius 2 is 1.88 bits per heavy atom. The summed E-state index contributed by atoms with van der Waals surface area (Å²) in [5.74, 6) is -0.435. The van der Waals surface area contributed by atoms with Gasteiger partial charge in [0.2, 0.25) is 0 Å². The Morgan fingerprint density at radius 3 is 2.74 bits per heavy atom. The van der Waals surface area contributed by atoms with Gasteiger partial charge in [-0.2, -0.15) is 0 Å². The van der Waals surface area contributed by atoms with Gasteiger partial charge in [-0.1, -0.05) is 42.0 Å². The molecule has 172 valence electrons. The molecule has 2 aliphatic rings. The van der Waals surface area contributed by atoms with E-state index in [2.05, 4.69) is 53.3 Å². The van der Waals surface area contributed by atoms with Crippen molar-refractivity contribution in [1.82, 2.24) is 9.47 Å². The molecule has 1 aliphatic heterocycles. The fourth-order valence-electron chi connectivity index (χ4n) is 5.33. The molecule has 2 amide bonds. The van der Waals surface area contributed by atoms with E-state index in [-0.39, 0.29) is 17.8 Å². The molecule has 0 unspecified atom stereocenters. The molecule has 0 radical (unpaired) electrons. The number of carbonyl (C=O) groups is 1. The Hall–Kier alpha value is -3.38. The molecule has 4 nitrogen and oxygen atoms in total. The summed E-state index contributed by atoms with van der Waals surface area (Å²) < 4.78 is 16.7. The smallest absolute Gasteiger partial charge is 0.310 e. The number of carbonyl (C=O) groups excluding carboxylic acids is 1. The molecule has 6 heteroatoms. The zero-order valence-corrected chi connectivity index (χ0v) is 19.9. The van der Waals surface area contributed by atoms with Crippen molar-refractivity contribution in [3.8, 4) is 5.00 Å². The summed E-state index contributed by atoms with van der Waals surface area (Å²) in [6.07, 6.45) is 6.66. The third kappa shape index (κ3) is 3.53. The van der Waals surface area contributed by atoms with E-state index in [4.69, 9.17) is 0 Å². The van der Waals surface area contributed by atoms with Crippen LogP contribution in [-0.2, 0) is 19.4 Å². The monoisotopic (exact) mass is 471 g/mol. The zero-order chi connectivity index (χ0) is 23.2. The summed E-state index contributed by atoms with van der Waals surface area (Å²) in [5.41, 5.74) is 6.07. The number of nitrogens with one attached hydrogen (secondary N) is 1. The van der Waals surface area contributed by atoms with Crippen LogP contribution in [0, 0.1) is 12.7 Å². The van der Waals surface area contributed by atoms with Gasteiger partial charge in [0.1, 0.15) is 10.8 Å². The van der Waals surface area contributed by atoms with Crippen molar-refractivity contribution in [2.45, 2.75) is 45.2 Å². The predicted octanol–water partition coefficient (Wildman–Crippen LogP) is 7.00. The first-order valence-corrected chi connectivity index (χ1v) is 12.6. The van der Waals surface area contributed by atoms with Gasteiger partial charge in [-0.3, -0.25) is 0 Å². The zero-order valence-electron chi connectivity index (χ0n) is 19.1. The second-order valence-electron chi connectivity index (χ2n) is 9.15. The lowest BCUT2D eigenvalue weighted by molar-refractivity contribution is 0.194. The molecule has 0 spiro atoms. The molecule has 0 saturated heterocycles. The van der Waals surface area contributed by atoms with E-state index in [0.29, 0.717) is 6.54 Å². The van der Waals surface area contributed by atoms with Crippen LogP contribution in [0.1, 0.15) is 51.7 Å². The normalized spacial score (nSPS) is 16.9. The lowest BCUT2D eigenvalue weighted by Crippen LogP contribution is -2.38. The van der Waals surface area contributed by atoms with Gasteiger partial charge < -0.3 is 14.8 Å². The van der Waals surface area contributed by atoms with Crippen LogP contribution in [0.3, 0.4) is 0 Å². The number of thiophene rings is 1. The summed E-state index contributed by atoms with van der Waals surface area (Å²) in [6.45, 7) is 2.55. The van der Waals surface area contributed by atoms with Crippen molar-refractivity contribution < 1.29 is 9.18 Å². The van der Waals surface area contributed by atoms with Gasteiger partial charge in [-0.05, 0) is 68.0 Å². The number of fused-ring (bicyclic) bond motifs is 5. The number of hydrogen-bond donors (Lipinski definition) is 1. The van der Waals surface area contributed by atoms with E-state index < -0.39 is 5.82 Å². The fraction of sp³-hybridized carbons (Fsp3) is 0.250. The molecule has 34 heavy (non-hydrogen) atoms. The fourth-order valence-corrected chi connectivity index (χ4v) is 6.73. The molecule has 1 aliphatic carbocycles. The van der Waals surface area contributed by atoms with Crippen molar-refractivity contribution in [3.05, 3.63) is 106 Å². The molecule has 6 rings (SSSR count). The third-order valence-electron chi connectivity index (χ3n) is 6.91. The van der Waals surface area contributed by atoms with Crippen molar-refractivity contribution >= 4 is 23.1 Å². The van der Waals surface area contributed by atoms with Crippen LogP contribution in [0.25, 0.3) is 5.00 Å². The standard InChI is InChI=1S/C28H26FN3OS/c1-18-8-6-9-19(16-18)26-24-13-7-15-31(24)27-21(20-10-2-5-14-25(20)34-27)17-32(26)28(33)30-23-12-4-3-11-22(23)29/h3-4,6-9,11-13,15-16,26H,2,5,10,14,17H2,1H3,(H,30,33)/t26-/m0/s1. The largest absolute Gasteiger partial charge is 0.323 e. The minimum absolute atomic E-state index is 0.197. The minimum atomic E-state index is -0.435. The highest BCUT2D eigenvalue weighted by Gasteiger charge is 2.36. The Balaban J connectivity index is 1.51. The highest BCUT2D eigenvalue weighted by atomic mass is 32.1. The van der Waals surface area contributed by atoms with Crippen molar-refractivity contribution in [2.24, 2.45) is 0 Å². The Kier molecular flexibility index (Phi) is 5.26. The molecule has 2 aromatic heterocycles. The molecule has 0 bridgehead atoms. The number of benzene rings is 2. The van der Waals surface area contributed by atoms with E-state index in [1.54, 1.807) is 18.2 Å². The van der Waals surface area contributed by atoms with Gasteiger partial charge >= 0.3 is 6.03 Å². The van der Waals surface area contributed by atoms with Crippen molar-refractivity contribution in [3.63, 3.8) is 0 Å². The number of anilines is 1. The predicted molar refractivity (Wildman–Crippen MR) is 134 cm³/mol. The summed E-state index contributed by atoms with van der Waals surface area (Å²) >= 11 is 1.86. The van der Waals surface area contributed by atoms with Crippen LogP contribution >= 0.6 is 11.3 Å². The summed E-state index contributed by atoms with van der Waals surface area (Å²) in [7, 11) is 0. The second kappa shape index (κ2) is 8.44. The van der Waals surface area contributed by atoms with Crippen LogP contribution in [0.5, 0.6) is 0 Å². The molecule has 1 N–H and O–H groups in total. The van der Waals surface area contributed by atoms with Crippen LogP contribution < -0.4 is 5.32 Å². The number of aryl methyl sites for hydroxylation is 2. The summed E-state index contributed by atoms with van der Waals surface area (Å²) in [4.78, 5) is 17.1. The van der Waals surface area contributed by atoms with E-state index in [1.807, 2.05) is 22.3 Å². The van der Waals surface area contributed by atoms with Gasteiger partial charge in [0, 0.05) is 16.6 Å². The molecule has 4 aromatic rings. The van der Waals surface area contributed by atoms with Crippen LogP contribution in [0.2, 0.25) is 0 Å². The van der Waals surface area contributed by atoms with E-state index in [1.165, 1.54) is 39.9 Å². The first kappa shape index (κ1) is 21.2. The maximum atomic E-state index is 14.4. The lowest BCUT2D eigenvalue weighted by atomic mass is 9.95. The number of para-hydroxylation sites is 1. The molecular weight excluding hydrogens is 445 g/mol. The number of nitrogens with zero attached hydrogens (tertiary/aromatic N) is 2. The number of aromatic nitrogens is 1. The van der Waals surface area contributed by atoms with Crippen LogP contribution in [0.15, 0.2) is 66.9 Å². The maximum absolute atomic E-state index is 14.4. The topological polar surface area (TPSA) is 37.3 Å². The second-order valence-corrected chi connectivity index (χ2v) is 10.2. The summed E-state index contributed by atoms with van der Waals surface area (Å²) in [5, 5.41) is 4.07. The molecule has 0 fully saturated rings. The van der Waals surface area contributed by atoms with E-state index in [9.17, 15) is 9.18 Å². The van der Waals surface area contributed by atoms with Crippen molar-refractivity contribution in [1.29, 1.82) is 0 Å². The quantitative estimate of drug-likeness (QED) is 0.336. The molecule has 2 aromatic carbocycles. The van der Waals surface area contributed by atoms with Gasteiger partial charge in [0.05, 0.1) is 24.0 Å². The highest BCUT2D eigenvalue weighted by molar-refractivity contribution is 7.15. The van der Waals surface area contributed by atoms with E-state index in [0.717, 1.165) is 29.7 Å². The average Bonchev–Trinajstić information content (AvgIpc) is 3.42.